The Hall–Kier alpha value is -2.45. The fourth-order valence-corrected chi connectivity index (χ4v) is 4.59. The van der Waals surface area contributed by atoms with Crippen LogP contribution in [0.2, 0.25) is 0 Å². The van der Waals surface area contributed by atoms with Gasteiger partial charge in [0.05, 0.1) is 5.92 Å². The monoisotopic (exact) mass is 438 g/mol. The van der Waals surface area contributed by atoms with E-state index in [2.05, 4.69) is 0 Å². The minimum atomic E-state index is -4.23. The maximum absolute atomic E-state index is 13.6. The highest BCUT2D eigenvalue weighted by Gasteiger charge is 2.53. The summed E-state index contributed by atoms with van der Waals surface area (Å²) in [5.74, 6) is -0.140. The van der Waals surface area contributed by atoms with Crippen molar-refractivity contribution in [2.45, 2.75) is 31.0 Å². The van der Waals surface area contributed by atoms with E-state index in [4.69, 9.17) is 23.7 Å². The molecule has 0 saturated heterocycles. The molecule has 1 saturated carbocycles. The molecule has 4 rings (SSSR count). The Morgan fingerprint density at radius 3 is 2.19 bits per heavy atom. The third-order valence-corrected chi connectivity index (χ3v) is 5.99. The van der Waals surface area contributed by atoms with Crippen molar-refractivity contribution in [1.82, 2.24) is 0 Å². The molecule has 1 aliphatic heterocycles. The first-order chi connectivity index (χ1) is 14.9. The fourth-order valence-electron chi connectivity index (χ4n) is 4.59. The third-order valence-electron chi connectivity index (χ3n) is 5.99. The van der Waals surface area contributed by atoms with Gasteiger partial charge in [-0.25, -0.2) is 0 Å². The average Bonchev–Trinajstić information content (AvgIpc) is 3.22. The first kappa shape index (κ1) is 21.8. The molecule has 2 aromatic rings. The van der Waals surface area contributed by atoms with Crippen molar-refractivity contribution in [3.05, 3.63) is 53.6 Å². The number of halogens is 3. The molecule has 2 aliphatic rings. The summed E-state index contributed by atoms with van der Waals surface area (Å²) in [7, 11) is 3.04. The van der Waals surface area contributed by atoms with Crippen LogP contribution in [0.5, 0.6) is 17.2 Å². The van der Waals surface area contributed by atoms with E-state index < -0.39 is 18.2 Å². The lowest BCUT2D eigenvalue weighted by molar-refractivity contribution is -0.173. The van der Waals surface area contributed by atoms with Gasteiger partial charge in [0.2, 0.25) is 0 Å². The second-order valence-corrected chi connectivity index (χ2v) is 7.89. The molecule has 0 aromatic heterocycles. The third kappa shape index (κ3) is 4.60. The SMILES string of the molecule is COCOc1ccc([C@H]2Oc3ccc(OCOC)cc3[C@H]3C[C@@H](C(F)(F)F)C[C@H]32)cc1. The van der Waals surface area contributed by atoms with Crippen LogP contribution in [0.3, 0.4) is 0 Å². The van der Waals surface area contributed by atoms with Crippen molar-refractivity contribution in [1.29, 1.82) is 0 Å². The Morgan fingerprint density at radius 2 is 1.55 bits per heavy atom. The minimum absolute atomic E-state index is 0.0311. The van der Waals surface area contributed by atoms with Crippen LogP contribution >= 0.6 is 0 Å². The quantitative estimate of drug-likeness (QED) is 0.538. The summed E-state index contributed by atoms with van der Waals surface area (Å²) in [5, 5.41) is 0. The maximum atomic E-state index is 13.6. The van der Waals surface area contributed by atoms with Crippen LogP contribution < -0.4 is 14.2 Å². The molecule has 1 aliphatic carbocycles. The highest BCUT2D eigenvalue weighted by Crippen LogP contribution is 2.58. The predicted molar refractivity (Wildman–Crippen MR) is 106 cm³/mol. The van der Waals surface area contributed by atoms with Crippen LogP contribution in [0, 0.1) is 11.8 Å². The molecule has 0 amide bonds. The summed E-state index contributed by atoms with van der Waals surface area (Å²) < 4.78 is 67.8. The topological polar surface area (TPSA) is 46.2 Å². The van der Waals surface area contributed by atoms with Crippen LogP contribution in [-0.4, -0.2) is 34.0 Å². The molecule has 0 radical (unpaired) electrons. The van der Waals surface area contributed by atoms with Gasteiger partial charge in [0, 0.05) is 25.7 Å². The van der Waals surface area contributed by atoms with E-state index in [0.29, 0.717) is 17.2 Å². The molecule has 1 heterocycles. The van der Waals surface area contributed by atoms with Crippen molar-refractivity contribution < 1.29 is 36.9 Å². The molecule has 2 aromatic carbocycles. The molecule has 168 valence electrons. The lowest BCUT2D eigenvalue weighted by Gasteiger charge is -2.36. The number of benzene rings is 2. The maximum Gasteiger partial charge on any atom is 0.391 e. The van der Waals surface area contributed by atoms with Gasteiger partial charge in [-0.15, -0.1) is 0 Å². The van der Waals surface area contributed by atoms with Gasteiger partial charge in [-0.2, -0.15) is 13.2 Å². The first-order valence-electron chi connectivity index (χ1n) is 10.1. The van der Waals surface area contributed by atoms with Gasteiger partial charge < -0.3 is 23.7 Å². The van der Waals surface area contributed by atoms with E-state index in [1.165, 1.54) is 14.2 Å². The van der Waals surface area contributed by atoms with Crippen molar-refractivity contribution in [2.24, 2.45) is 11.8 Å². The van der Waals surface area contributed by atoms with E-state index in [0.717, 1.165) is 11.1 Å². The van der Waals surface area contributed by atoms with Crippen LogP contribution in [0.15, 0.2) is 42.5 Å². The highest BCUT2D eigenvalue weighted by molar-refractivity contribution is 5.46. The van der Waals surface area contributed by atoms with Gasteiger partial charge in [-0.05, 0) is 54.7 Å². The van der Waals surface area contributed by atoms with E-state index in [1.807, 2.05) is 12.1 Å². The number of hydrogen-bond acceptors (Lipinski definition) is 5. The van der Waals surface area contributed by atoms with Crippen LogP contribution in [0.4, 0.5) is 13.2 Å². The minimum Gasteiger partial charge on any atom is -0.485 e. The second kappa shape index (κ2) is 8.96. The molecule has 1 fully saturated rings. The number of ether oxygens (including phenoxy) is 5. The van der Waals surface area contributed by atoms with Gasteiger partial charge in [-0.1, -0.05) is 12.1 Å². The second-order valence-electron chi connectivity index (χ2n) is 7.89. The molecule has 31 heavy (non-hydrogen) atoms. The molecular formula is C23H25F3O5. The number of fused-ring (bicyclic) bond motifs is 3. The lowest BCUT2D eigenvalue weighted by atomic mass is 9.80. The molecule has 0 unspecified atom stereocenters. The van der Waals surface area contributed by atoms with Crippen LogP contribution in [0.1, 0.15) is 36.0 Å². The zero-order valence-electron chi connectivity index (χ0n) is 17.4. The van der Waals surface area contributed by atoms with Gasteiger partial charge in [-0.3, -0.25) is 0 Å². The molecule has 0 N–H and O–H groups in total. The summed E-state index contributed by atoms with van der Waals surface area (Å²) >= 11 is 0. The Bertz CT molecular complexity index is 884. The standard InChI is InChI=1S/C23H25F3O5/c1-27-12-29-16-5-3-14(4-6-16)22-20-10-15(23(24,25)26)9-18(20)19-11-17(30-13-28-2)7-8-21(19)31-22/h3-8,11,15,18,20,22H,9-10,12-13H2,1-2H3/t15-,18-,20-,22-/m1/s1. The van der Waals surface area contributed by atoms with E-state index in [1.54, 1.807) is 30.3 Å². The van der Waals surface area contributed by atoms with E-state index in [9.17, 15) is 13.2 Å². The molecular weight excluding hydrogens is 413 g/mol. The number of rotatable bonds is 7. The Balaban J connectivity index is 1.65. The zero-order chi connectivity index (χ0) is 22.0. The Morgan fingerprint density at radius 1 is 0.903 bits per heavy atom. The van der Waals surface area contributed by atoms with Gasteiger partial charge in [0.15, 0.2) is 13.6 Å². The predicted octanol–water partition coefficient (Wildman–Crippen LogP) is 5.46. The lowest BCUT2D eigenvalue weighted by Crippen LogP contribution is -2.27. The van der Waals surface area contributed by atoms with Crippen molar-refractivity contribution in [3.8, 4) is 17.2 Å². The summed E-state index contributed by atoms with van der Waals surface area (Å²) in [6.45, 7) is 0.192. The van der Waals surface area contributed by atoms with Gasteiger partial charge in [0.25, 0.3) is 0 Å². The summed E-state index contributed by atoms with van der Waals surface area (Å²) in [5.41, 5.74) is 1.59. The Kier molecular flexibility index (Phi) is 6.29. The van der Waals surface area contributed by atoms with E-state index in [-0.39, 0.29) is 38.3 Å². The molecule has 4 atom stereocenters. The molecule has 8 heteroatoms. The van der Waals surface area contributed by atoms with Crippen molar-refractivity contribution >= 4 is 0 Å². The molecule has 0 spiro atoms. The van der Waals surface area contributed by atoms with Gasteiger partial charge >= 0.3 is 6.18 Å². The smallest absolute Gasteiger partial charge is 0.391 e. The Labute approximate surface area is 179 Å². The molecule has 5 nitrogen and oxygen atoms in total. The van der Waals surface area contributed by atoms with Crippen LogP contribution in [0.25, 0.3) is 0 Å². The first-order valence-corrected chi connectivity index (χ1v) is 10.1. The van der Waals surface area contributed by atoms with Crippen molar-refractivity contribution in [3.63, 3.8) is 0 Å². The average molecular weight is 438 g/mol. The highest BCUT2D eigenvalue weighted by atomic mass is 19.4. The normalized spacial score (nSPS) is 24.8. The fraction of sp³-hybridized carbons (Fsp3) is 0.478. The molecule has 0 bridgehead atoms. The zero-order valence-corrected chi connectivity index (χ0v) is 17.4. The van der Waals surface area contributed by atoms with Gasteiger partial charge in [0.1, 0.15) is 23.4 Å². The summed E-state index contributed by atoms with van der Waals surface area (Å²) in [6.07, 6.45) is -4.62. The largest absolute Gasteiger partial charge is 0.485 e. The number of alkyl halides is 3. The van der Waals surface area contributed by atoms with E-state index >= 15 is 0 Å². The number of hydrogen-bond donors (Lipinski definition) is 0. The van der Waals surface area contributed by atoms with Crippen LogP contribution in [-0.2, 0) is 9.47 Å². The number of methoxy groups -OCH3 is 2. The summed E-state index contributed by atoms with van der Waals surface area (Å²) in [6, 6.07) is 12.5. The van der Waals surface area contributed by atoms with Crippen molar-refractivity contribution in [2.75, 3.05) is 27.8 Å². The summed E-state index contributed by atoms with van der Waals surface area (Å²) in [4.78, 5) is 0.